The number of carbonyl (C=O) groups excluding carboxylic acids is 1. The van der Waals surface area contributed by atoms with Crippen LogP contribution in [0.4, 0.5) is 19.0 Å². The van der Waals surface area contributed by atoms with Crippen molar-refractivity contribution in [3.05, 3.63) is 52.2 Å². The molecule has 1 unspecified atom stereocenters. The van der Waals surface area contributed by atoms with E-state index < -0.39 is 30.1 Å². The Bertz CT molecular complexity index is 968. The zero-order valence-electron chi connectivity index (χ0n) is 18.3. The molecular formula is C21H26F3N5O3. The van der Waals surface area contributed by atoms with E-state index in [2.05, 4.69) is 20.7 Å². The highest BCUT2D eigenvalue weighted by Gasteiger charge is 2.29. The van der Waals surface area contributed by atoms with E-state index in [1.165, 1.54) is 17.1 Å². The molecule has 1 fully saturated rings. The summed E-state index contributed by atoms with van der Waals surface area (Å²) in [6.45, 7) is 3.98. The fourth-order valence-corrected chi connectivity index (χ4v) is 3.45. The van der Waals surface area contributed by atoms with Crippen LogP contribution in [0.5, 0.6) is 0 Å². The Kier molecular flexibility index (Phi) is 7.64. The largest absolute Gasteiger partial charge is 0.363 e. The second-order valence-corrected chi connectivity index (χ2v) is 7.58. The highest BCUT2D eigenvalue weighted by molar-refractivity contribution is 5.78. The molecule has 0 bridgehead atoms. The number of ether oxygens (including phenoxy) is 2. The van der Waals surface area contributed by atoms with Crippen molar-refractivity contribution in [1.29, 1.82) is 0 Å². The summed E-state index contributed by atoms with van der Waals surface area (Å²) in [4.78, 5) is 21.2. The van der Waals surface area contributed by atoms with Crippen LogP contribution in [-0.2, 0) is 20.7 Å². The minimum Gasteiger partial charge on any atom is -0.363 e. The molecule has 1 aliphatic rings. The van der Waals surface area contributed by atoms with Gasteiger partial charge in [-0.2, -0.15) is 0 Å². The van der Waals surface area contributed by atoms with Crippen LogP contribution in [0.2, 0.25) is 0 Å². The van der Waals surface area contributed by atoms with Crippen molar-refractivity contribution in [1.82, 2.24) is 20.4 Å². The first kappa shape index (κ1) is 23.9. The molecule has 1 aromatic carbocycles. The normalized spacial score (nSPS) is 15.4. The predicted octanol–water partition coefficient (Wildman–Crippen LogP) is 3.22. The lowest BCUT2D eigenvalue weighted by Gasteiger charge is -2.23. The van der Waals surface area contributed by atoms with E-state index in [9.17, 15) is 18.0 Å². The van der Waals surface area contributed by atoms with E-state index in [1.807, 2.05) is 0 Å². The third-order valence-corrected chi connectivity index (χ3v) is 4.78. The molecular weight excluding hydrogens is 427 g/mol. The van der Waals surface area contributed by atoms with Crippen molar-refractivity contribution in [2.24, 2.45) is 0 Å². The molecule has 0 radical (unpaired) electrons. The molecule has 0 spiro atoms. The maximum absolute atomic E-state index is 14.7. The van der Waals surface area contributed by atoms with Crippen molar-refractivity contribution in [2.45, 2.75) is 39.0 Å². The highest BCUT2D eigenvalue weighted by Crippen LogP contribution is 2.34. The number of amides is 1. The highest BCUT2D eigenvalue weighted by atomic mass is 19.3. The van der Waals surface area contributed by atoms with Gasteiger partial charge in [0.2, 0.25) is 5.91 Å². The standard InChI is InChI=1S/C21H26F3N5O3/c1-11(13-6-5-7-14(18(13)22)19(23)24)25-20-17(21-31-8-9-32-21)15(26-12(2)27-20)10-16(30)28-29(3)4/h5-7,11,19,21H,8-10H2,1-4H3,(H,28,30)(H,25,26,27). The lowest BCUT2D eigenvalue weighted by Crippen LogP contribution is -2.37. The first-order chi connectivity index (χ1) is 15.2. The van der Waals surface area contributed by atoms with Crippen LogP contribution in [0, 0.1) is 12.7 Å². The molecule has 174 valence electrons. The molecule has 0 saturated carbocycles. The van der Waals surface area contributed by atoms with Gasteiger partial charge in [-0.25, -0.2) is 28.1 Å². The molecule has 1 atom stereocenters. The Morgan fingerprint density at radius 3 is 2.50 bits per heavy atom. The molecule has 0 aliphatic carbocycles. The zero-order chi connectivity index (χ0) is 23.4. The number of alkyl halides is 2. The average molecular weight is 453 g/mol. The van der Waals surface area contributed by atoms with E-state index >= 15 is 0 Å². The van der Waals surface area contributed by atoms with Gasteiger partial charge in [-0.05, 0) is 13.8 Å². The van der Waals surface area contributed by atoms with Crippen molar-refractivity contribution in [3.8, 4) is 0 Å². The smallest absolute Gasteiger partial charge is 0.266 e. The third-order valence-electron chi connectivity index (χ3n) is 4.78. The molecule has 1 amide bonds. The van der Waals surface area contributed by atoms with Gasteiger partial charge >= 0.3 is 0 Å². The van der Waals surface area contributed by atoms with Crippen molar-refractivity contribution in [3.63, 3.8) is 0 Å². The van der Waals surface area contributed by atoms with Gasteiger partial charge in [0.25, 0.3) is 6.43 Å². The van der Waals surface area contributed by atoms with Crippen LogP contribution >= 0.6 is 0 Å². The van der Waals surface area contributed by atoms with Crippen LogP contribution < -0.4 is 10.7 Å². The SMILES string of the molecule is Cc1nc(CC(=O)NN(C)C)c(C2OCCO2)c(NC(C)c2cccc(C(F)F)c2F)n1. The first-order valence-electron chi connectivity index (χ1n) is 10.1. The Hall–Kier alpha value is -2.76. The second-order valence-electron chi connectivity index (χ2n) is 7.58. The summed E-state index contributed by atoms with van der Waals surface area (Å²) in [5.41, 5.74) is 2.85. The van der Waals surface area contributed by atoms with Gasteiger partial charge in [0.1, 0.15) is 17.5 Å². The molecule has 8 nitrogen and oxygen atoms in total. The summed E-state index contributed by atoms with van der Waals surface area (Å²) in [5, 5.41) is 4.58. The number of benzene rings is 1. The van der Waals surface area contributed by atoms with Gasteiger partial charge in [-0.15, -0.1) is 0 Å². The van der Waals surface area contributed by atoms with Gasteiger partial charge < -0.3 is 14.8 Å². The van der Waals surface area contributed by atoms with E-state index in [4.69, 9.17) is 9.47 Å². The number of hydrogen-bond acceptors (Lipinski definition) is 7. The number of halogens is 3. The number of nitrogens with one attached hydrogen (secondary N) is 2. The molecule has 1 saturated heterocycles. The summed E-state index contributed by atoms with van der Waals surface area (Å²) < 4.78 is 52.2. The minimum atomic E-state index is -2.93. The van der Waals surface area contributed by atoms with E-state index in [0.29, 0.717) is 30.3 Å². The Morgan fingerprint density at radius 1 is 1.22 bits per heavy atom. The second kappa shape index (κ2) is 10.2. The lowest BCUT2D eigenvalue weighted by atomic mass is 10.0. The molecule has 11 heteroatoms. The van der Waals surface area contributed by atoms with Gasteiger partial charge in [-0.1, -0.05) is 18.2 Å². The van der Waals surface area contributed by atoms with E-state index in [-0.39, 0.29) is 23.7 Å². The summed E-state index contributed by atoms with van der Waals surface area (Å²) in [5.74, 6) is -0.627. The number of aryl methyl sites for hydroxylation is 1. The minimum absolute atomic E-state index is 0.0603. The fraction of sp³-hybridized carbons (Fsp3) is 0.476. The summed E-state index contributed by atoms with van der Waals surface area (Å²) >= 11 is 0. The maximum atomic E-state index is 14.7. The molecule has 2 heterocycles. The van der Waals surface area contributed by atoms with Gasteiger partial charge in [0.15, 0.2) is 6.29 Å². The summed E-state index contributed by atoms with van der Waals surface area (Å²) in [6, 6.07) is 3.15. The lowest BCUT2D eigenvalue weighted by molar-refractivity contribution is -0.124. The quantitative estimate of drug-likeness (QED) is 0.594. The maximum Gasteiger partial charge on any atom is 0.266 e. The van der Waals surface area contributed by atoms with E-state index in [1.54, 1.807) is 27.9 Å². The van der Waals surface area contributed by atoms with Crippen molar-refractivity contribution >= 4 is 11.7 Å². The van der Waals surface area contributed by atoms with Crippen LogP contribution in [-0.4, -0.2) is 48.2 Å². The number of hydrogen-bond donors (Lipinski definition) is 2. The fourth-order valence-electron chi connectivity index (χ4n) is 3.45. The Balaban J connectivity index is 1.98. The molecule has 32 heavy (non-hydrogen) atoms. The monoisotopic (exact) mass is 453 g/mol. The predicted molar refractivity (Wildman–Crippen MR) is 110 cm³/mol. The topological polar surface area (TPSA) is 88.6 Å². The van der Waals surface area contributed by atoms with Crippen molar-refractivity contribution in [2.75, 3.05) is 32.6 Å². The van der Waals surface area contributed by atoms with Gasteiger partial charge in [0, 0.05) is 19.7 Å². The Labute approximate surface area is 184 Å². The number of nitrogens with zero attached hydrogens (tertiary/aromatic N) is 3. The number of aromatic nitrogens is 2. The molecule has 1 aromatic heterocycles. The first-order valence-corrected chi connectivity index (χ1v) is 10.1. The number of anilines is 1. The molecule has 1 aliphatic heterocycles. The Morgan fingerprint density at radius 2 is 1.88 bits per heavy atom. The molecule has 2 aromatic rings. The molecule has 2 N–H and O–H groups in total. The van der Waals surface area contributed by atoms with Crippen molar-refractivity contribution < 1.29 is 27.4 Å². The van der Waals surface area contributed by atoms with Crippen LogP contribution in [0.25, 0.3) is 0 Å². The van der Waals surface area contributed by atoms with Crippen LogP contribution in [0.1, 0.15) is 53.9 Å². The van der Waals surface area contributed by atoms with Crippen LogP contribution in [0.15, 0.2) is 18.2 Å². The zero-order valence-corrected chi connectivity index (χ0v) is 18.3. The van der Waals surface area contributed by atoms with Gasteiger partial charge in [0.05, 0.1) is 42.5 Å². The van der Waals surface area contributed by atoms with Crippen LogP contribution in [0.3, 0.4) is 0 Å². The van der Waals surface area contributed by atoms with Gasteiger partial charge in [-0.3, -0.25) is 10.2 Å². The third kappa shape index (κ3) is 5.53. The number of rotatable bonds is 8. The number of hydrazine groups is 1. The average Bonchev–Trinajstić information content (AvgIpc) is 3.21. The summed E-state index contributed by atoms with van der Waals surface area (Å²) in [6.07, 6.45) is -3.82. The number of carbonyl (C=O) groups is 1. The molecule has 3 rings (SSSR count). The van der Waals surface area contributed by atoms with E-state index in [0.717, 1.165) is 6.07 Å². The summed E-state index contributed by atoms with van der Waals surface area (Å²) in [7, 11) is 3.37.